The van der Waals surface area contributed by atoms with E-state index in [0.717, 1.165) is 25.3 Å². The molecule has 0 radical (unpaired) electrons. The third kappa shape index (κ3) is 4.79. The van der Waals surface area contributed by atoms with Crippen molar-refractivity contribution in [3.8, 4) is 0 Å². The maximum Gasteiger partial charge on any atom is 0.120 e. The molecule has 1 atom stereocenters. The van der Waals surface area contributed by atoms with E-state index in [4.69, 9.17) is 0 Å². The molecule has 0 aromatic heterocycles. The van der Waals surface area contributed by atoms with Crippen LogP contribution in [0, 0.1) is 0 Å². The van der Waals surface area contributed by atoms with Gasteiger partial charge in [0.25, 0.3) is 0 Å². The van der Waals surface area contributed by atoms with Crippen molar-refractivity contribution in [3.63, 3.8) is 0 Å². The zero-order valence-corrected chi connectivity index (χ0v) is 10.8. The van der Waals surface area contributed by atoms with E-state index >= 15 is 0 Å². The number of amidine groups is 1. The lowest BCUT2D eigenvalue weighted by molar-refractivity contribution is 0.429. The van der Waals surface area contributed by atoms with Gasteiger partial charge in [-0.1, -0.05) is 13.0 Å². The van der Waals surface area contributed by atoms with Crippen LogP contribution in [0.2, 0.25) is 0 Å². The van der Waals surface area contributed by atoms with Crippen molar-refractivity contribution in [1.82, 2.24) is 10.6 Å². The molecular formula is C13H25N3. The lowest BCUT2D eigenvalue weighted by Gasteiger charge is -2.25. The first-order chi connectivity index (χ1) is 7.76. The molecule has 0 bridgehead atoms. The molecule has 0 spiro atoms. The van der Waals surface area contributed by atoms with E-state index in [1.807, 2.05) is 6.92 Å². The van der Waals surface area contributed by atoms with Crippen LogP contribution in [0.4, 0.5) is 0 Å². The van der Waals surface area contributed by atoms with Crippen LogP contribution in [0.25, 0.3) is 0 Å². The Balaban J connectivity index is 2.52. The maximum atomic E-state index is 4.68. The molecule has 1 saturated heterocycles. The zero-order chi connectivity index (χ0) is 11.8. The van der Waals surface area contributed by atoms with Gasteiger partial charge >= 0.3 is 0 Å². The average Bonchev–Trinajstić information content (AvgIpc) is 2.30. The van der Waals surface area contributed by atoms with Gasteiger partial charge in [-0.05, 0) is 52.3 Å². The predicted molar refractivity (Wildman–Crippen MR) is 71.0 cm³/mol. The Kier molecular flexibility index (Phi) is 6.16. The zero-order valence-electron chi connectivity index (χ0n) is 10.8. The standard InChI is InChI=1S/C13H25N3/c1-4-6-13(15-11(3)5-2)16-12-7-9-14-10-8-12/h4,6,11-12,14H,5,7-10H2,1-3H3,(H,15,16)/b6-4-. The van der Waals surface area contributed by atoms with E-state index in [1.165, 1.54) is 12.8 Å². The van der Waals surface area contributed by atoms with Crippen LogP contribution in [-0.4, -0.2) is 31.0 Å². The Labute approximate surface area is 99.4 Å². The number of rotatable bonds is 4. The predicted octanol–water partition coefficient (Wildman–Crippen LogP) is 2.10. The highest BCUT2D eigenvalue weighted by Gasteiger charge is 2.13. The Morgan fingerprint density at radius 3 is 2.75 bits per heavy atom. The molecule has 92 valence electrons. The highest BCUT2D eigenvalue weighted by atomic mass is 15.0. The second-order valence-corrected chi connectivity index (χ2v) is 4.44. The number of hydrogen-bond acceptors (Lipinski definition) is 2. The summed E-state index contributed by atoms with van der Waals surface area (Å²) in [6.45, 7) is 8.60. The second-order valence-electron chi connectivity index (χ2n) is 4.44. The summed E-state index contributed by atoms with van der Waals surface area (Å²) in [5, 5.41) is 6.92. The van der Waals surface area contributed by atoms with Gasteiger partial charge in [0.2, 0.25) is 0 Å². The van der Waals surface area contributed by atoms with Gasteiger partial charge in [-0.3, -0.25) is 4.99 Å². The minimum Gasteiger partial charge on any atom is -0.368 e. The summed E-state index contributed by atoms with van der Waals surface area (Å²) < 4.78 is 0. The fraction of sp³-hybridized carbons (Fsp3) is 0.769. The highest BCUT2D eigenvalue weighted by Crippen LogP contribution is 2.03. The fourth-order valence-electron chi connectivity index (χ4n) is 1.79. The van der Waals surface area contributed by atoms with Gasteiger partial charge in [0, 0.05) is 12.1 Å². The van der Waals surface area contributed by atoms with Gasteiger partial charge in [-0.15, -0.1) is 0 Å². The number of nitrogens with one attached hydrogen (secondary N) is 2. The number of aliphatic imine (C=N–C) groups is 1. The Morgan fingerprint density at radius 1 is 1.50 bits per heavy atom. The van der Waals surface area contributed by atoms with Gasteiger partial charge in [-0.25, -0.2) is 0 Å². The molecule has 0 aromatic carbocycles. The molecule has 2 N–H and O–H groups in total. The topological polar surface area (TPSA) is 36.4 Å². The molecule has 1 rings (SSSR count). The summed E-state index contributed by atoms with van der Waals surface area (Å²) in [5.41, 5.74) is 0. The second kappa shape index (κ2) is 7.44. The molecule has 0 saturated carbocycles. The molecule has 1 fully saturated rings. The molecule has 3 heteroatoms. The van der Waals surface area contributed by atoms with Crippen LogP contribution in [0.5, 0.6) is 0 Å². The first-order valence-electron chi connectivity index (χ1n) is 6.44. The summed E-state index contributed by atoms with van der Waals surface area (Å²) in [6.07, 6.45) is 7.60. The smallest absolute Gasteiger partial charge is 0.120 e. The van der Waals surface area contributed by atoms with Crippen molar-refractivity contribution in [1.29, 1.82) is 0 Å². The SMILES string of the molecule is C/C=C\C(=N/C(C)CC)NC1CCNCC1. The molecule has 0 aromatic rings. The third-order valence-electron chi connectivity index (χ3n) is 2.97. The summed E-state index contributed by atoms with van der Waals surface area (Å²) in [4.78, 5) is 4.68. The lowest BCUT2D eigenvalue weighted by atomic mass is 10.1. The van der Waals surface area contributed by atoms with Crippen LogP contribution in [-0.2, 0) is 0 Å². The van der Waals surface area contributed by atoms with Gasteiger partial charge < -0.3 is 10.6 Å². The average molecular weight is 223 g/mol. The van der Waals surface area contributed by atoms with Crippen molar-refractivity contribution in [2.24, 2.45) is 4.99 Å². The fourth-order valence-corrected chi connectivity index (χ4v) is 1.79. The molecule has 1 unspecified atom stereocenters. The first-order valence-corrected chi connectivity index (χ1v) is 6.44. The molecule has 16 heavy (non-hydrogen) atoms. The summed E-state index contributed by atoms with van der Waals surface area (Å²) >= 11 is 0. The van der Waals surface area contributed by atoms with Crippen molar-refractivity contribution in [3.05, 3.63) is 12.2 Å². The van der Waals surface area contributed by atoms with Crippen LogP contribution in [0.3, 0.4) is 0 Å². The summed E-state index contributed by atoms with van der Waals surface area (Å²) in [6, 6.07) is 0.987. The molecule has 1 heterocycles. The largest absolute Gasteiger partial charge is 0.368 e. The Hall–Kier alpha value is -0.830. The minimum absolute atomic E-state index is 0.403. The molecular weight excluding hydrogens is 198 g/mol. The molecule has 0 aliphatic carbocycles. The van der Waals surface area contributed by atoms with Crippen LogP contribution < -0.4 is 10.6 Å². The van der Waals surface area contributed by atoms with Crippen LogP contribution >= 0.6 is 0 Å². The normalized spacial score (nSPS) is 21.3. The van der Waals surface area contributed by atoms with E-state index in [-0.39, 0.29) is 0 Å². The maximum absolute atomic E-state index is 4.68. The Bertz CT molecular complexity index is 240. The van der Waals surface area contributed by atoms with E-state index in [2.05, 4.69) is 41.6 Å². The quantitative estimate of drug-likeness (QED) is 0.565. The molecule has 1 aliphatic heterocycles. The molecule has 3 nitrogen and oxygen atoms in total. The van der Waals surface area contributed by atoms with E-state index in [1.54, 1.807) is 0 Å². The van der Waals surface area contributed by atoms with Crippen LogP contribution in [0.15, 0.2) is 17.1 Å². The van der Waals surface area contributed by atoms with Gasteiger partial charge in [-0.2, -0.15) is 0 Å². The number of piperidine rings is 1. The van der Waals surface area contributed by atoms with Gasteiger partial charge in [0.15, 0.2) is 0 Å². The first kappa shape index (κ1) is 13.2. The minimum atomic E-state index is 0.403. The summed E-state index contributed by atoms with van der Waals surface area (Å²) in [7, 11) is 0. The third-order valence-corrected chi connectivity index (χ3v) is 2.97. The number of nitrogens with zero attached hydrogens (tertiary/aromatic N) is 1. The van der Waals surface area contributed by atoms with Crippen molar-refractivity contribution in [2.45, 2.75) is 52.1 Å². The monoisotopic (exact) mass is 223 g/mol. The van der Waals surface area contributed by atoms with Crippen molar-refractivity contribution >= 4 is 5.84 Å². The highest BCUT2D eigenvalue weighted by molar-refractivity contribution is 5.93. The summed E-state index contributed by atoms with van der Waals surface area (Å²) in [5.74, 6) is 1.05. The Morgan fingerprint density at radius 2 is 2.19 bits per heavy atom. The van der Waals surface area contributed by atoms with E-state index in [0.29, 0.717) is 12.1 Å². The van der Waals surface area contributed by atoms with Crippen molar-refractivity contribution in [2.75, 3.05) is 13.1 Å². The molecule has 1 aliphatic rings. The van der Waals surface area contributed by atoms with Crippen LogP contribution in [0.1, 0.15) is 40.0 Å². The molecule has 0 amide bonds. The number of hydrogen-bond donors (Lipinski definition) is 2. The lowest BCUT2D eigenvalue weighted by Crippen LogP contribution is -2.42. The number of allylic oxidation sites excluding steroid dienone is 1. The van der Waals surface area contributed by atoms with Crippen molar-refractivity contribution < 1.29 is 0 Å². The van der Waals surface area contributed by atoms with E-state index in [9.17, 15) is 0 Å². The van der Waals surface area contributed by atoms with Gasteiger partial charge in [0.1, 0.15) is 5.84 Å². The van der Waals surface area contributed by atoms with Gasteiger partial charge in [0.05, 0.1) is 0 Å². The van der Waals surface area contributed by atoms with E-state index < -0.39 is 0 Å².